The number of carbonyl (C=O) groups is 1. The minimum Gasteiger partial charge on any atom is -0.328 e. The second-order valence-electron chi connectivity index (χ2n) is 6.70. The van der Waals surface area contributed by atoms with Gasteiger partial charge in [0, 0.05) is 24.3 Å². The molecule has 0 fully saturated rings. The highest BCUT2D eigenvalue weighted by Gasteiger charge is 2.34. The summed E-state index contributed by atoms with van der Waals surface area (Å²) < 4.78 is 1.75. The first-order valence-electron chi connectivity index (χ1n) is 9.31. The average Bonchev–Trinajstić information content (AvgIpc) is 3.44. The molecule has 0 radical (unpaired) electrons. The summed E-state index contributed by atoms with van der Waals surface area (Å²) in [6.07, 6.45) is 5.05. The van der Waals surface area contributed by atoms with Crippen molar-refractivity contribution < 1.29 is 4.79 Å². The minimum atomic E-state index is -0.450. The summed E-state index contributed by atoms with van der Waals surface area (Å²) in [5.74, 6) is 1.44. The first kappa shape index (κ1) is 18.2. The first-order chi connectivity index (χ1) is 14.7. The van der Waals surface area contributed by atoms with Crippen LogP contribution in [0.2, 0.25) is 0 Å². The highest BCUT2D eigenvalue weighted by atomic mass is 32.1. The molecule has 30 heavy (non-hydrogen) atoms. The number of nitrogens with zero attached hydrogens (tertiary/aromatic N) is 5. The Morgan fingerprint density at radius 3 is 2.73 bits per heavy atom. The molecule has 8 nitrogen and oxygen atoms in total. The molecule has 1 unspecified atom stereocenters. The van der Waals surface area contributed by atoms with Gasteiger partial charge in [-0.2, -0.15) is 4.98 Å². The van der Waals surface area contributed by atoms with Crippen molar-refractivity contribution in [2.75, 3.05) is 10.6 Å². The Hall–Kier alpha value is -3.85. The Kier molecular flexibility index (Phi) is 4.56. The van der Waals surface area contributed by atoms with Gasteiger partial charge in [-0.25, -0.2) is 9.67 Å². The van der Waals surface area contributed by atoms with E-state index in [2.05, 4.69) is 25.6 Å². The number of allylic oxidation sites excluding steroid dienone is 1. The van der Waals surface area contributed by atoms with Crippen molar-refractivity contribution in [3.8, 4) is 10.7 Å². The maximum atomic E-state index is 13.3. The maximum absolute atomic E-state index is 13.3. The van der Waals surface area contributed by atoms with E-state index < -0.39 is 6.04 Å². The van der Waals surface area contributed by atoms with E-state index in [4.69, 9.17) is 5.10 Å². The van der Waals surface area contributed by atoms with Crippen LogP contribution in [0.5, 0.6) is 0 Å². The molecule has 0 bridgehead atoms. The number of fused-ring (bicyclic) bond motifs is 1. The molecule has 5 heterocycles. The molecular formula is C21H17N7OS. The highest BCUT2D eigenvalue weighted by molar-refractivity contribution is 7.13. The Morgan fingerprint density at radius 1 is 1.13 bits per heavy atom. The van der Waals surface area contributed by atoms with Gasteiger partial charge in [-0.15, -0.1) is 16.4 Å². The van der Waals surface area contributed by atoms with Gasteiger partial charge in [-0.1, -0.05) is 12.1 Å². The van der Waals surface area contributed by atoms with Crippen LogP contribution in [0.25, 0.3) is 10.7 Å². The SMILES string of the molecule is CC1=C(C(=O)Nc2ccccn2)C(c2ccncc2)n2nc(-c3cccs3)nc2N1. The van der Waals surface area contributed by atoms with Crippen molar-refractivity contribution in [3.05, 3.63) is 83.3 Å². The van der Waals surface area contributed by atoms with Gasteiger partial charge < -0.3 is 10.6 Å². The van der Waals surface area contributed by atoms with E-state index in [-0.39, 0.29) is 5.91 Å². The van der Waals surface area contributed by atoms with Gasteiger partial charge in [0.2, 0.25) is 5.95 Å². The monoisotopic (exact) mass is 415 g/mol. The molecule has 0 saturated heterocycles. The molecule has 9 heteroatoms. The van der Waals surface area contributed by atoms with Crippen LogP contribution in [-0.2, 0) is 4.79 Å². The van der Waals surface area contributed by atoms with E-state index >= 15 is 0 Å². The zero-order valence-electron chi connectivity index (χ0n) is 16.0. The number of hydrogen-bond donors (Lipinski definition) is 2. The number of pyridine rings is 2. The van der Waals surface area contributed by atoms with E-state index in [0.29, 0.717) is 28.9 Å². The first-order valence-corrected chi connectivity index (χ1v) is 10.2. The lowest BCUT2D eigenvalue weighted by molar-refractivity contribution is -0.113. The molecule has 2 N–H and O–H groups in total. The number of carbonyl (C=O) groups excluding carboxylic acids is 1. The standard InChI is InChI=1S/C21H17N7OS/c1-13-17(20(29)25-16-6-2-3-9-23-16)18(14-7-10-22-11-8-14)28-21(24-13)26-19(27-28)15-5-4-12-30-15/h2-12,18H,1H3,(H,23,25,29)(H,24,26,27). The molecule has 148 valence electrons. The molecule has 4 aromatic rings. The van der Waals surface area contributed by atoms with E-state index in [9.17, 15) is 4.79 Å². The average molecular weight is 415 g/mol. The van der Waals surface area contributed by atoms with E-state index in [1.54, 1.807) is 46.7 Å². The van der Waals surface area contributed by atoms with E-state index in [0.717, 1.165) is 10.4 Å². The zero-order valence-corrected chi connectivity index (χ0v) is 16.8. The third-order valence-corrected chi connectivity index (χ3v) is 5.63. The predicted molar refractivity (Wildman–Crippen MR) is 115 cm³/mol. The molecule has 0 spiro atoms. The normalized spacial score (nSPS) is 15.4. The minimum absolute atomic E-state index is 0.251. The molecule has 5 rings (SSSR count). The Morgan fingerprint density at radius 2 is 2.00 bits per heavy atom. The fourth-order valence-electron chi connectivity index (χ4n) is 3.43. The summed E-state index contributed by atoms with van der Waals surface area (Å²) in [6, 6.07) is 12.6. The third-order valence-electron chi connectivity index (χ3n) is 4.77. The Bertz CT molecular complexity index is 1220. The fraction of sp³-hybridized carbons (Fsp3) is 0.0952. The van der Waals surface area contributed by atoms with E-state index in [1.165, 1.54) is 0 Å². The molecule has 1 amide bonds. The summed E-state index contributed by atoms with van der Waals surface area (Å²) in [4.78, 5) is 27.2. The molecule has 1 aliphatic rings. The zero-order chi connectivity index (χ0) is 20.5. The summed E-state index contributed by atoms with van der Waals surface area (Å²) in [5.41, 5.74) is 2.14. The number of nitrogens with one attached hydrogen (secondary N) is 2. The van der Waals surface area contributed by atoms with Gasteiger partial charge in [0.25, 0.3) is 5.91 Å². The van der Waals surface area contributed by atoms with Gasteiger partial charge in [0.05, 0.1) is 10.5 Å². The number of thiophene rings is 1. The van der Waals surface area contributed by atoms with Crippen LogP contribution in [0.1, 0.15) is 18.5 Å². The molecule has 0 aromatic carbocycles. The largest absolute Gasteiger partial charge is 0.328 e. The van der Waals surface area contributed by atoms with Crippen LogP contribution in [0.3, 0.4) is 0 Å². The number of aromatic nitrogens is 5. The number of anilines is 2. The molecule has 0 saturated carbocycles. The van der Waals surface area contributed by atoms with Gasteiger partial charge in [0.1, 0.15) is 11.9 Å². The highest BCUT2D eigenvalue weighted by Crippen LogP contribution is 2.37. The Balaban J connectivity index is 1.60. The predicted octanol–water partition coefficient (Wildman–Crippen LogP) is 3.72. The van der Waals surface area contributed by atoms with Gasteiger partial charge in [0.15, 0.2) is 5.82 Å². The maximum Gasteiger partial charge on any atom is 0.257 e. The summed E-state index contributed by atoms with van der Waals surface area (Å²) in [5, 5.41) is 12.8. The molecular weight excluding hydrogens is 398 g/mol. The third kappa shape index (κ3) is 3.25. The van der Waals surface area contributed by atoms with Crippen molar-refractivity contribution in [1.82, 2.24) is 24.7 Å². The lowest BCUT2D eigenvalue weighted by atomic mass is 9.96. The Labute approximate surface area is 176 Å². The lowest BCUT2D eigenvalue weighted by Gasteiger charge is -2.28. The summed E-state index contributed by atoms with van der Waals surface area (Å²) in [7, 11) is 0. The molecule has 1 atom stereocenters. The van der Waals surface area contributed by atoms with Crippen molar-refractivity contribution in [2.45, 2.75) is 13.0 Å². The number of amides is 1. The second kappa shape index (κ2) is 7.53. The molecule has 0 aliphatic carbocycles. The van der Waals surface area contributed by atoms with Crippen LogP contribution in [0.4, 0.5) is 11.8 Å². The quantitative estimate of drug-likeness (QED) is 0.527. The molecule has 1 aliphatic heterocycles. The topological polar surface area (TPSA) is 97.6 Å². The van der Waals surface area contributed by atoms with Crippen LogP contribution in [0.15, 0.2) is 77.7 Å². The summed E-state index contributed by atoms with van der Waals surface area (Å²) >= 11 is 1.57. The van der Waals surface area contributed by atoms with Crippen molar-refractivity contribution in [3.63, 3.8) is 0 Å². The number of hydrogen-bond acceptors (Lipinski definition) is 7. The smallest absolute Gasteiger partial charge is 0.257 e. The van der Waals surface area contributed by atoms with Crippen LogP contribution < -0.4 is 10.6 Å². The van der Waals surface area contributed by atoms with Crippen LogP contribution in [0, 0.1) is 0 Å². The lowest BCUT2D eigenvalue weighted by Crippen LogP contribution is -2.31. The van der Waals surface area contributed by atoms with Crippen LogP contribution in [-0.4, -0.2) is 30.6 Å². The van der Waals surface area contributed by atoms with Crippen LogP contribution >= 0.6 is 11.3 Å². The summed E-state index contributed by atoms with van der Waals surface area (Å²) in [6.45, 7) is 1.87. The van der Waals surface area contributed by atoms with Gasteiger partial charge in [-0.3, -0.25) is 9.78 Å². The fourth-order valence-corrected chi connectivity index (χ4v) is 4.08. The van der Waals surface area contributed by atoms with E-state index in [1.807, 2.05) is 42.6 Å². The van der Waals surface area contributed by atoms with Gasteiger partial charge >= 0.3 is 0 Å². The second-order valence-corrected chi connectivity index (χ2v) is 7.64. The number of rotatable bonds is 4. The van der Waals surface area contributed by atoms with Crippen molar-refractivity contribution >= 4 is 29.0 Å². The van der Waals surface area contributed by atoms with Crippen molar-refractivity contribution in [2.24, 2.45) is 0 Å². The molecule has 4 aromatic heterocycles. The van der Waals surface area contributed by atoms with Crippen molar-refractivity contribution in [1.29, 1.82) is 0 Å². The van der Waals surface area contributed by atoms with Gasteiger partial charge in [-0.05, 0) is 48.2 Å².